The zero-order valence-electron chi connectivity index (χ0n) is 10.3. The van der Waals surface area contributed by atoms with Crippen LogP contribution in [0.4, 0.5) is 0 Å². The highest BCUT2D eigenvalue weighted by Crippen LogP contribution is 2.14. The van der Waals surface area contributed by atoms with Crippen LogP contribution in [0, 0.1) is 5.92 Å². The average molecular weight is 236 g/mol. The highest BCUT2D eigenvalue weighted by molar-refractivity contribution is 5.93. The fraction of sp³-hybridized carbons (Fsp3) is 0.667. The summed E-state index contributed by atoms with van der Waals surface area (Å²) in [5.74, 6) is 0.734. The van der Waals surface area contributed by atoms with E-state index in [0.29, 0.717) is 5.56 Å². The highest BCUT2D eigenvalue weighted by Gasteiger charge is 2.13. The third-order valence-corrected chi connectivity index (χ3v) is 3.26. The quantitative estimate of drug-likeness (QED) is 0.802. The Kier molecular flexibility index (Phi) is 4.14. The molecule has 5 nitrogen and oxygen atoms in total. The molecule has 1 fully saturated rings. The van der Waals surface area contributed by atoms with Crippen LogP contribution >= 0.6 is 0 Å². The van der Waals surface area contributed by atoms with Gasteiger partial charge in [-0.2, -0.15) is 5.10 Å². The molecule has 1 saturated heterocycles. The van der Waals surface area contributed by atoms with Gasteiger partial charge >= 0.3 is 0 Å². The Labute approximate surface area is 102 Å². The predicted octanol–water partition coefficient (Wildman–Crippen LogP) is 0.540. The summed E-state index contributed by atoms with van der Waals surface area (Å²) in [6.45, 7) is 2.99. The number of carbonyl (C=O) groups excluding carboxylic acids is 1. The predicted molar refractivity (Wildman–Crippen MR) is 65.8 cm³/mol. The topological polar surface area (TPSA) is 59.0 Å². The van der Waals surface area contributed by atoms with Crippen LogP contribution in [0.15, 0.2) is 12.4 Å². The molecule has 0 unspecified atom stereocenters. The molecule has 1 aromatic rings. The van der Waals surface area contributed by atoms with Gasteiger partial charge in [0.05, 0.1) is 11.8 Å². The van der Waals surface area contributed by atoms with E-state index < -0.39 is 0 Å². The lowest BCUT2D eigenvalue weighted by Gasteiger charge is -2.22. The molecule has 2 rings (SSSR count). The van der Waals surface area contributed by atoms with Crippen LogP contribution in [0.2, 0.25) is 0 Å². The van der Waals surface area contributed by atoms with Gasteiger partial charge in [0.15, 0.2) is 0 Å². The molecule has 0 aromatic carbocycles. The molecule has 0 saturated carbocycles. The lowest BCUT2D eigenvalue weighted by atomic mass is 9.95. The summed E-state index contributed by atoms with van der Waals surface area (Å²) in [6, 6.07) is 0. The first-order valence-corrected chi connectivity index (χ1v) is 6.23. The Balaban J connectivity index is 1.69. The molecule has 0 atom stereocenters. The molecule has 94 valence electrons. The molecule has 0 radical (unpaired) electrons. The summed E-state index contributed by atoms with van der Waals surface area (Å²) in [5, 5.41) is 10.3. The summed E-state index contributed by atoms with van der Waals surface area (Å²) >= 11 is 0. The minimum atomic E-state index is -0.0213. The van der Waals surface area contributed by atoms with E-state index in [4.69, 9.17) is 0 Å². The van der Waals surface area contributed by atoms with Crippen LogP contribution < -0.4 is 10.6 Å². The maximum Gasteiger partial charge on any atom is 0.254 e. The summed E-state index contributed by atoms with van der Waals surface area (Å²) < 4.78 is 1.64. The second kappa shape index (κ2) is 5.82. The van der Waals surface area contributed by atoms with Gasteiger partial charge in [-0.15, -0.1) is 0 Å². The maximum absolute atomic E-state index is 11.7. The van der Waals surface area contributed by atoms with Gasteiger partial charge in [0.25, 0.3) is 5.91 Å². The Morgan fingerprint density at radius 3 is 3.00 bits per heavy atom. The van der Waals surface area contributed by atoms with Crippen LogP contribution in [0.1, 0.15) is 29.6 Å². The number of carbonyl (C=O) groups is 1. The summed E-state index contributed by atoms with van der Waals surface area (Å²) in [4.78, 5) is 11.7. The van der Waals surface area contributed by atoms with Gasteiger partial charge in [0.2, 0.25) is 0 Å². The number of nitrogens with zero attached hydrogens (tertiary/aromatic N) is 2. The molecule has 2 heterocycles. The SMILES string of the molecule is Cn1cc(C(=O)NCCC2CCNCC2)cn1. The summed E-state index contributed by atoms with van der Waals surface area (Å²) in [7, 11) is 1.81. The Hall–Kier alpha value is -1.36. The maximum atomic E-state index is 11.7. The van der Waals surface area contributed by atoms with Crippen LogP contribution in [0.3, 0.4) is 0 Å². The van der Waals surface area contributed by atoms with Gasteiger partial charge in [-0.05, 0) is 38.3 Å². The van der Waals surface area contributed by atoms with Crippen LogP contribution in [-0.4, -0.2) is 35.3 Å². The number of hydrogen-bond acceptors (Lipinski definition) is 3. The molecule has 1 aliphatic heterocycles. The third-order valence-electron chi connectivity index (χ3n) is 3.26. The van der Waals surface area contributed by atoms with Crippen molar-refractivity contribution in [2.45, 2.75) is 19.3 Å². The molecular formula is C12H20N4O. The van der Waals surface area contributed by atoms with E-state index in [0.717, 1.165) is 32.0 Å². The molecule has 5 heteroatoms. The number of hydrogen-bond donors (Lipinski definition) is 2. The zero-order valence-corrected chi connectivity index (χ0v) is 10.3. The Morgan fingerprint density at radius 1 is 1.59 bits per heavy atom. The van der Waals surface area contributed by atoms with Gasteiger partial charge in [0.1, 0.15) is 0 Å². The van der Waals surface area contributed by atoms with E-state index in [-0.39, 0.29) is 5.91 Å². The minimum absolute atomic E-state index is 0.0213. The summed E-state index contributed by atoms with van der Waals surface area (Å²) in [6.07, 6.45) is 6.86. The first-order valence-electron chi connectivity index (χ1n) is 6.23. The number of nitrogens with one attached hydrogen (secondary N) is 2. The number of aromatic nitrogens is 2. The van der Waals surface area contributed by atoms with Crippen molar-refractivity contribution in [3.05, 3.63) is 18.0 Å². The Bertz CT molecular complexity index is 368. The van der Waals surface area contributed by atoms with Crippen molar-refractivity contribution < 1.29 is 4.79 Å². The van der Waals surface area contributed by atoms with E-state index in [1.54, 1.807) is 17.1 Å². The van der Waals surface area contributed by atoms with Crippen molar-refractivity contribution in [1.82, 2.24) is 20.4 Å². The fourth-order valence-corrected chi connectivity index (χ4v) is 2.20. The van der Waals surface area contributed by atoms with Crippen molar-refractivity contribution in [1.29, 1.82) is 0 Å². The molecule has 1 aliphatic rings. The average Bonchev–Trinajstić information content (AvgIpc) is 2.77. The smallest absolute Gasteiger partial charge is 0.254 e. The van der Waals surface area contributed by atoms with E-state index in [9.17, 15) is 4.79 Å². The lowest BCUT2D eigenvalue weighted by Crippen LogP contribution is -2.31. The number of amides is 1. The summed E-state index contributed by atoms with van der Waals surface area (Å²) in [5.41, 5.74) is 0.637. The monoisotopic (exact) mass is 236 g/mol. The first kappa shape index (κ1) is 12.1. The van der Waals surface area contributed by atoms with Crippen molar-refractivity contribution in [3.63, 3.8) is 0 Å². The minimum Gasteiger partial charge on any atom is -0.352 e. The van der Waals surface area contributed by atoms with E-state index >= 15 is 0 Å². The van der Waals surface area contributed by atoms with Gasteiger partial charge in [-0.3, -0.25) is 9.48 Å². The number of rotatable bonds is 4. The van der Waals surface area contributed by atoms with E-state index in [1.165, 1.54) is 12.8 Å². The van der Waals surface area contributed by atoms with Gasteiger partial charge in [-0.25, -0.2) is 0 Å². The van der Waals surface area contributed by atoms with E-state index in [1.807, 2.05) is 7.05 Å². The molecule has 2 N–H and O–H groups in total. The van der Waals surface area contributed by atoms with Crippen molar-refractivity contribution in [3.8, 4) is 0 Å². The van der Waals surface area contributed by atoms with Crippen molar-refractivity contribution in [2.24, 2.45) is 13.0 Å². The molecular weight excluding hydrogens is 216 g/mol. The normalized spacial score (nSPS) is 17.0. The van der Waals surface area contributed by atoms with Gasteiger partial charge in [0, 0.05) is 19.8 Å². The molecule has 0 aliphatic carbocycles. The van der Waals surface area contributed by atoms with Crippen LogP contribution in [-0.2, 0) is 7.05 Å². The zero-order chi connectivity index (χ0) is 12.1. The third kappa shape index (κ3) is 3.56. The number of piperidine rings is 1. The van der Waals surface area contributed by atoms with Gasteiger partial charge < -0.3 is 10.6 Å². The molecule has 1 amide bonds. The van der Waals surface area contributed by atoms with E-state index in [2.05, 4.69) is 15.7 Å². The second-order valence-corrected chi connectivity index (χ2v) is 4.64. The Morgan fingerprint density at radius 2 is 2.35 bits per heavy atom. The second-order valence-electron chi connectivity index (χ2n) is 4.64. The molecule has 0 bridgehead atoms. The molecule has 17 heavy (non-hydrogen) atoms. The largest absolute Gasteiger partial charge is 0.352 e. The van der Waals surface area contributed by atoms with Crippen LogP contribution in [0.25, 0.3) is 0 Å². The molecule has 1 aromatic heterocycles. The first-order chi connectivity index (χ1) is 8.25. The fourth-order valence-electron chi connectivity index (χ4n) is 2.20. The molecule has 0 spiro atoms. The van der Waals surface area contributed by atoms with Crippen molar-refractivity contribution in [2.75, 3.05) is 19.6 Å². The highest BCUT2D eigenvalue weighted by atomic mass is 16.1. The van der Waals surface area contributed by atoms with Crippen LogP contribution in [0.5, 0.6) is 0 Å². The number of aryl methyl sites for hydroxylation is 1. The standard InChI is InChI=1S/C12H20N4O/c1-16-9-11(8-15-16)12(17)14-7-4-10-2-5-13-6-3-10/h8-10,13H,2-7H2,1H3,(H,14,17). The van der Waals surface area contributed by atoms with Gasteiger partial charge in [-0.1, -0.05) is 0 Å². The van der Waals surface area contributed by atoms with Crippen molar-refractivity contribution >= 4 is 5.91 Å². The lowest BCUT2D eigenvalue weighted by molar-refractivity contribution is 0.0950.